The van der Waals surface area contributed by atoms with E-state index >= 15 is 0 Å². The zero-order valence-electron chi connectivity index (χ0n) is 66.7. The van der Waals surface area contributed by atoms with Gasteiger partial charge >= 0.3 is 0 Å². The van der Waals surface area contributed by atoms with E-state index in [-0.39, 0.29) is 93.4 Å². The molecule has 0 amide bonds. The van der Waals surface area contributed by atoms with Crippen molar-refractivity contribution in [1.29, 1.82) is 0 Å². The Labute approximate surface area is 541 Å². The molecule has 11 aromatic carbocycles. The summed E-state index contributed by atoms with van der Waals surface area (Å²) in [6.07, 6.45) is 5.36. The average Bonchev–Trinajstić information content (AvgIpc) is 0.863. The molecular formula is C78H58N4OPtSi-2. The number of para-hydroxylation sites is 2. The average molecular weight is 1310 g/mol. The topological polar surface area (TPSA) is 35.9 Å². The van der Waals surface area contributed by atoms with Gasteiger partial charge < -0.3 is 13.9 Å². The summed E-state index contributed by atoms with van der Waals surface area (Å²) < 4.78 is 210. The maximum absolute atomic E-state index is 10.1. The fraction of sp³-hybridized carbons (Fsp3) is 0.0769. The normalized spacial score (nSPS) is 15.8. The van der Waals surface area contributed by atoms with Gasteiger partial charge in [-0.2, -0.15) is 18.2 Å². The second-order valence-corrected chi connectivity index (χ2v) is 25.1. The zero-order chi connectivity index (χ0) is 74.7. The van der Waals surface area contributed by atoms with Crippen LogP contribution < -0.4 is 30.1 Å². The van der Waals surface area contributed by atoms with Gasteiger partial charge in [0.25, 0.3) is 6.33 Å². The second kappa shape index (κ2) is 21.3. The molecule has 0 radical (unpaired) electrons. The van der Waals surface area contributed by atoms with Crippen molar-refractivity contribution in [1.82, 2.24) is 14.1 Å². The van der Waals surface area contributed by atoms with E-state index in [0.717, 1.165) is 21.9 Å². The van der Waals surface area contributed by atoms with Gasteiger partial charge in [0.05, 0.1) is 37.3 Å². The van der Waals surface area contributed by atoms with Crippen molar-refractivity contribution >= 4 is 61.7 Å². The quantitative estimate of drug-likeness (QED) is 0.0625. The van der Waals surface area contributed by atoms with Gasteiger partial charge in [0, 0.05) is 52.5 Å². The predicted octanol–water partition coefficient (Wildman–Crippen LogP) is 15.9. The van der Waals surface area contributed by atoms with E-state index in [0.29, 0.717) is 39.2 Å². The molecule has 1 aliphatic heterocycles. The molecule has 0 N–H and O–H groups in total. The van der Waals surface area contributed by atoms with Crippen LogP contribution in [-0.4, -0.2) is 22.2 Å². The standard InChI is InChI=1S/C78H58N4OSi.Pt/c1-52-24-21-25-53(2)75(52)69-40-23-39-68-64-36-17-15-34-62(64)63-35-16-18-37-65(63)70-49-61(84(58-28-9-6-10-29-58,59-30-11-7-12-31-59)60-32-13-8-14-33-60)50-73-77(70)81(76(68)69)51-80(73)55-26-22-27-56(47-55)83-57-42-43-67-66-38-19-20-41-71(66)82(72(67)48-57)74-46-54(44-45-79-74)78(3,4)5;/h6-46,49-50H,1-5H3;/q-2;/i1D3,2D3,6D,7D,8D,9D,10D,11D,12D,13D,14D,28D,29D,30D,31D,32D,33D;. The number of ether oxygens (including phenoxy) is 1. The Balaban J connectivity index is 0.00000944. The monoisotopic (exact) mass is 1310 g/mol. The SMILES string of the molecule is [2H]c1c([2H])c([2H])c([Si](c2cc3c4c(c2)n(-c2[c-]c(Oc5[c-]c6c(cc5)c5ccccc5n6-c5cc(C(C)(C)C)ccn5)ccc2)[c-][n+]4-c2c(cccc2-c2c(C([2H])([2H])[2H])cccc2C([2H])([2H])[2H])-c2ccccc2-c2ccccc2-3)(c2c([2H])c([2H])c([2H])c([2H])c2[2H])c2c([2H])c([2H])c([2H])c([2H])c2[2H])c([2H])c1[2H].[Pt]. The van der Waals surface area contributed by atoms with Crippen molar-refractivity contribution in [2.45, 2.75) is 39.9 Å². The van der Waals surface area contributed by atoms with Crippen LogP contribution in [0.25, 0.3) is 94.5 Å². The molecule has 0 atom stereocenters. The van der Waals surface area contributed by atoms with Crippen LogP contribution in [0.3, 0.4) is 0 Å². The third kappa shape index (κ3) is 8.85. The fourth-order valence-electron chi connectivity index (χ4n) is 12.0. The van der Waals surface area contributed by atoms with Crippen molar-refractivity contribution in [3.05, 3.63) is 296 Å². The van der Waals surface area contributed by atoms with Gasteiger partial charge in [0.15, 0.2) is 8.07 Å². The molecule has 0 aliphatic carbocycles. The molecule has 412 valence electrons. The molecule has 1 aliphatic rings. The van der Waals surface area contributed by atoms with Crippen molar-refractivity contribution in [3.8, 4) is 73.2 Å². The number of hydrogen-bond acceptors (Lipinski definition) is 2. The van der Waals surface area contributed by atoms with Crippen LogP contribution in [0.2, 0.25) is 0 Å². The first-order valence-electron chi connectivity index (χ1n) is 37.6. The number of hydrogen-bond donors (Lipinski definition) is 0. The maximum atomic E-state index is 10.1. The zero-order valence-corrected chi connectivity index (χ0v) is 49.0. The van der Waals surface area contributed by atoms with Crippen LogP contribution in [0.4, 0.5) is 0 Å². The van der Waals surface area contributed by atoms with Crippen molar-refractivity contribution in [2.75, 3.05) is 0 Å². The Bertz CT molecular complexity index is 5790. The van der Waals surface area contributed by atoms with Crippen LogP contribution in [0.5, 0.6) is 11.5 Å². The largest absolute Gasteiger partial charge is 0.510 e. The Morgan fingerprint density at radius 3 is 1.73 bits per heavy atom. The third-order valence-corrected chi connectivity index (χ3v) is 19.9. The summed E-state index contributed by atoms with van der Waals surface area (Å²) in [5.41, 5.74) is 4.78. The molecule has 7 heteroatoms. The molecular weight excluding hydrogens is 1230 g/mol. The first kappa shape index (κ1) is 35.0. The summed E-state index contributed by atoms with van der Waals surface area (Å²) >= 11 is 0. The fourth-order valence-corrected chi connectivity index (χ4v) is 15.8. The van der Waals surface area contributed by atoms with E-state index in [1.54, 1.807) is 83.6 Å². The number of aromatic nitrogens is 4. The summed E-state index contributed by atoms with van der Waals surface area (Å²) in [5.74, 6) is 0.989. The molecule has 0 spiro atoms. The summed E-state index contributed by atoms with van der Waals surface area (Å²) in [6.45, 7) is 0.496. The van der Waals surface area contributed by atoms with Gasteiger partial charge in [-0.3, -0.25) is 4.57 Å². The Morgan fingerprint density at radius 2 is 1.08 bits per heavy atom. The van der Waals surface area contributed by atoms with Crippen molar-refractivity contribution in [2.24, 2.45) is 0 Å². The Morgan fingerprint density at radius 1 is 0.518 bits per heavy atom. The van der Waals surface area contributed by atoms with Crippen LogP contribution in [-0.2, 0) is 26.5 Å². The smallest absolute Gasteiger partial charge is 0.268 e. The van der Waals surface area contributed by atoms with Gasteiger partial charge in [-0.25, -0.2) is 4.98 Å². The minimum absolute atomic E-state index is 0. The maximum Gasteiger partial charge on any atom is 0.268 e. The van der Waals surface area contributed by atoms with Gasteiger partial charge in [-0.1, -0.05) is 232 Å². The molecule has 5 nitrogen and oxygen atoms in total. The summed E-state index contributed by atoms with van der Waals surface area (Å²) in [4.78, 5) is 4.85. The number of nitrogens with zero attached hydrogens (tertiary/aromatic N) is 4. The van der Waals surface area contributed by atoms with E-state index in [9.17, 15) is 16.4 Å². The molecule has 0 bridgehead atoms. The molecule has 0 saturated heterocycles. The molecule has 0 fully saturated rings. The molecule has 14 aromatic rings. The molecule has 4 heterocycles. The first-order chi connectivity index (χ1) is 49.8. The van der Waals surface area contributed by atoms with Crippen LogP contribution in [0.15, 0.2) is 261 Å². The summed E-state index contributed by atoms with van der Waals surface area (Å²) in [6, 6.07) is 39.8. The van der Waals surface area contributed by atoms with Gasteiger partial charge in [0.2, 0.25) is 0 Å². The van der Waals surface area contributed by atoms with Crippen molar-refractivity contribution in [3.63, 3.8) is 0 Å². The van der Waals surface area contributed by atoms with Crippen LogP contribution in [0, 0.1) is 32.2 Å². The Kier molecular flexibility index (Phi) is 8.77. The van der Waals surface area contributed by atoms with Crippen LogP contribution >= 0.6 is 0 Å². The van der Waals surface area contributed by atoms with Crippen LogP contribution in [0.1, 0.15) is 66.2 Å². The van der Waals surface area contributed by atoms with E-state index in [2.05, 4.69) is 39.2 Å². The van der Waals surface area contributed by atoms with Gasteiger partial charge in [0.1, 0.15) is 5.82 Å². The number of rotatable bonds is 9. The summed E-state index contributed by atoms with van der Waals surface area (Å²) in [7, 11) is -5.95. The predicted molar refractivity (Wildman–Crippen MR) is 347 cm³/mol. The number of fused-ring (bicyclic) bond motifs is 10. The van der Waals surface area contributed by atoms with E-state index in [4.69, 9.17) is 22.1 Å². The summed E-state index contributed by atoms with van der Waals surface area (Å²) in [5, 5.41) is -0.645. The molecule has 85 heavy (non-hydrogen) atoms. The first-order valence-corrected chi connectivity index (χ1v) is 29.1. The van der Waals surface area contributed by atoms with E-state index < -0.39 is 128 Å². The minimum atomic E-state index is -5.95. The molecule has 15 rings (SSSR count). The third-order valence-electron chi connectivity index (χ3n) is 15.7. The molecule has 0 unspecified atom stereocenters. The van der Waals surface area contributed by atoms with Gasteiger partial charge in [-0.15, -0.1) is 29.7 Å². The second-order valence-electron chi connectivity index (χ2n) is 21.5. The number of benzene rings is 11. The number of imidazole rings is 1. The Hall–Kier alpha value is -9.45. The number of aryl methyl sites for hydroxylation is 2. The van der Waals surface area contributed by atoms with Crippen molar-refractivity contribution < 1.29 is 59.2 Å². The van der Waals surface area contributed by atoms with Gasteiger partial charge in [-0.05, 0) is 130 Å². The number of pyridine rings is 1. The molecule has 0 saturated carbocycles. The molecule has 3 aromatic heterocycles. The van der Waals surface area contributed by atoms with E-state index in [1.807, 2.05) is 65.2 Å². The van der Waals surface area contributed by atoms with E-state index in [1.165, 1.54) is 34.9 Å². The minimum Gasteiger partial charge on any atom is -0.510 e.